The van der Waals surface area contributed by atoms with Gasteiger partial charge in [-0.2, -0.15) is 5.10 Å². The Hall–Kier alpha value is -0.990. The van der Waals surface area contributed by atoms with Gasteiger partial charge in [-0.3, -0.25) is 4.68 Å². The number of unbranched alkanes of at least 4 members (excludes halogenated alkanes) is 4. The number of hydrogen-bond donors (Lipinski definition) is 1. The van der Waals surface area contributed by atoms with Crippen molar-refractivity contribution in [2.24, 2.45) is 0 Å². The molecule has 0 aliphatic rings. The van der Waals surface area contributed by atoms with Crippen molar-refractivity contribution in [1.82, 2.24) is 9.78 Å². The highest BCUT2D eigenvalue weighted by Gasteiger charge is 1.93. The summed E-state index contributed by atoms with van der Waals surface area (Å²) < 4.78 is 1.92. The molecule has 3 heteroatoms. The lowest BCUT2D eigenvalue weighted by molar-refractivity contribution is 0.533. The third kappa shape index (κ3) is 3.97. The summed E-state index contributed by atoms with van der Waals surface area (Å²) in [4.78, 5) is 0. The molecule has 13 heavy (non-hydrogen) atoms. The van der Waals surface area contributed by atoms with Crippen LogP contribution in [0.4, 0.5) is 5.69 Å². The minimum Gasteiger partial charge on any atom is -0.396 e. The van der Waals surface area contributed by atoms with Gasteiger partial charge in [0.2, 0.25) is 0 Å². The van der Waals surface area contributed by atoms with Gasteiger partial charge in [-0.1, -0.05) is 32.6 Å². The van der Waals surface area contributed by atoms with Crippen LogP contribution in [0.5, 0.6) is 0 Å². The number of nitrogens with two attached hydrogens (primary N) is 1. The highest BCUT2D eigenvalue weighted by atomic mass is 15.3. The van der Waals surface area contributed by atoms with E-state index in [4.69, 9.17) is 5.73 Å². The molecule has 0 unspecified atom stereocenters. The van der Waals surface area contributed by atoms with E-state index in [1.165, 1.54) is 32.1 Å². The minimum atomic E-state index is 0.758. The maximum absolute atomic E-state index is 5.55. The molecule has 0 spiro atoms. The average molecular weight is 181 g/mol. The number of anilines is 1. The van der Waals surface area contributed by atoms with E-state index in [-0.39, 0.29) is 0 Å². The molecule has 0 aliphatic carbocycles. The van der Waals surface area contributed by atoms with Crippen LogP contribution < -0.4 is 5.73 Å². The molecule has 74 valence electrons. The van der Waals surface area contributed by atoms with Crippen LogP contribution in [0, 0.1) is 0 Å². The number of hydrogen-bond acceptors (Lipinski definition) is 2. The first kappa shape index (κ1) is 10.1. The van der Waals surface area contributed by atoms with Crippen molar-refractivity contribution in [3.63, 3.8) is 0 Å². The van der Waals surface area contributed by atoms with Gasteiger partial charge in [-0.25, -0.2) is 0 Å². The Morgan fingerprint density at radius 3 is 2.69 bits per heavy atom. The molecule has 1 aromatic rings. The van der Waals surface area contributed by atoms with Gasteiger partial charge < -0.3 is 5.73 Å². The van der Waals surface area contributed by atoms with Crippen molar-refractivity contribution in [3.05, 3.63) is 12.4 Å². The van der Waals surface area contributed by atoms with Crippen LogP contribution in [0.15, 0.2) is 12.4 Å². The number of aromatic nitrogens is 2. The zero-order valence-corrected chi connectivity index (χ0v) is 8.37. The van der Waals surface area contributed by atoms with E-state index < -0.39 is 0 Å². The van der Waals surface area contributed by atoms with Crippen molar-refractivity contribution in [2.75, 3.05) is 5.73 Å². The second kappa shape index (κ2) is 5.62. The van der Waals surface area contributed by atoms with Gasteiger partial charge in [0.25, 0.3) is 0 Å². The highest BCUT2D eigenvalue weighted by Crippen LogP contribution is 2.05. The summed E-state index contributed by atoms with van der Waals surface area (Å²) in [6.45, 7) is 3.23. The number of aryl methyl sites for hydroxylation is 1. The lowest BCUT2D eigenvalue weighted by atomic mass is 10.1. The molecule has 1 heterocycles. The first-order valence-electron chi connectivity index (χ1n) is 5.11. The minimum absolute atomic E-state index is 0.758. The molecule has 0 saturated heterocycles. The smallest absolute Gasteiger partial charge is 0.0719 e. The van der Waals surface area contributed by atoms with Gasteiger partial charge in [0.15, 0.2) is 0 Å². The van der Waals surface area contributed by atoms with E-state index >= 15 is 0 Å². The van der Waals surface area contributed by atoms with E-state index in [9.17, 15) is 0 Å². The summed E-state index contributed by atoms with van der Waals surface area (Å²) in [5.41, 5.74) is 6.31. The van der Waals surface area contributed by atoms with Crippen molar-refractivity contribution >= 4 is 5.69 Å². The molecule has 0 saturated carbocycles. The van der Waals surface area contributed by atoms with E-state index in [1.807, 2.05) is 10.9 Å². The second-order valence-electron chi connectivity index (χ2n) is 3.45. The zero-order chi connectivity index (χ0) is 9.52. The SMILES string of the molecule is CCCCCCCn1cc(N)cn1. The van der Waals surface area contributed by atoms with Crippen molar-refractivity contribution < 1.29 is 0 Å². The molecule has 0 atom stereocenters. The molecule has 0 aromatic carbocycles. The quantitative estimate of drug-likeness (QED) is 0.685. The van der Waals surface area contributed by atoms with Gasteiger partial charge in [-0.05, 0) is 6.42 Å². The molecule has 0 radical (unpaired) electrons. The Morgan fingerprint density at radius 2 is 2.08 bits per heavy atom. The van der Waals surface area contributed by atoms with Crippen molar-refractivity contribution in [2.45, 2.75) is 45.6 Å². The van der Waals surface area contributed by atoms with Gasteiger partial charge in [-0.15, -0.1) is 0 Å². The summed E-state index contributed by atoms with van der Waals surface area (Å²) in [5, 5.41) is 4.13. The normalized spacial score (nSPS) is 10.5. The number of rotatable bonds is 6. The maximum atomic E-state index is 5.55. The summed E-state index contributed by atoms with van der Waals surface area (Å²) in [7, 11) is 0. The Labute approximate surface area is 79.9 Å². The average Bonchev–Trinajstić information content (AvgIpc) is 2.51. The third-order valence-electron chi connectivity index (χ3n) is 2.14. The van der Waals surface area contributed by atoms with Gasteiger partial charge in [0, 0.05) is 12.7 Å². The van der Waals surface area contributed by atoms with Crippen molar-refractivity contribution in [1.29, 1.82) is 0 Å². The van der Waals surface area contributed by atoms with E-state index in [1.54, 1.807) is 6.20 Å². The van der Waals surface area contributed by atoms with E-state index in [0.717, 1.165) is 12.2 Å². The lowest BCUT2D eigenvalue weighted by Gasteiger charge is -2.00. The molecule has 0 aliphatic heterocycles. The van der Waals surface area contributed by atoms with Gasteiger partial charge in [0.05, 0.1) is 11.9 Å². The summed E-state index contributed by atoms with van der Waals surface area (Å²) in [6, 6.07) is 0. The molecule has 3 nitrogen and oxygen atoms in total. The molecule has 2 N–H and O–H groups in total. The summed E-state index contributed by atoms with van der Waals surface area (Å²) in [5.74, 6) is 0. The van der Waals surface area contributed by atoms with E-state index in [2.05, 4.69) is 12.0 Å². The standard InChI is InChI=1S/C10H19N3/c1-2-3-4-5-6-7-13-9-10(11)8-12-13/h8-9H,2-7,11H2,1H3. The molecule has 1 aromatic heterocycles. The molecule has 0 bridgehead atoms. The number of nitrogens with zero attached hydrogens (tertiary/aromatic N) is 2. The van der Waals surface area contributed by atoms with Crippen LogP contribution in [0.2, 0.25) is 0 Å². The Kier molecular flexibility index (Phi) is 4.36. The Bertz CT molecular complexity index is 230. The fourth-order valence-electron chi connectivity index (χ4n) is 1.38. The second-order valence-corrected chi connectivity index (χ2v) is 3.45. The number of nitrogen functional groups attached to an aromatic ring is 1. The lowest BCUT2D eigenvalue weighted by Crippen LogP contribution is -1.97. The highest BCUT2D eigenvalue weighted by molar-refractivity contribution is 5.30. The van der Waals surface area contributed by atoms with Gasteiger partial charge in [0.1, 0.15) is 0 Å². The summed E-state index contributed by atoms with van der Waals surface area (Å²) in [6.07, 6.45) is 10.1. The van der Waals surface area contributed by atoms with Gasteiger partial charge >= 0.3 is 0 Å². The van der Waals surface area contributed by atoms with Crippen molar-refractivity contribution in [3.8, 4) is 0 Å². The van der Waals surface area contributed by atoms with Crippen LogP contribution >= 0.6 is 0 Å². The fourth-order valence-corrected chi connectivity index (χ4v) is 1.38. The fraction of sp³-hybridized carbons (Fsp3) is 0.700. The molecular weight excluding hydrogens is 162 g/mol. The van der Waals surface area contributed by atoms with Crippen LogP contribution in [-0.4, -0.2) is 9.78 Å². The molecule has 0 amide bonds. The predicted octanol–water partition coefficient (Wildman–Crippen LogP) is 2.44. The van der Waals surface area contributed by atoms with Crippen LogP contribution in [0.1, 0.15) is 39.0 Å². The first-order chi connectivity index (χ1) is 6.33. The summed E-state index contributed by atoms with van der Waals surface area (Å²) >= 11 is 0. The zero-order valence-electron chi connectivity index (χ0n) is 8.37. The maximum Gasteiger partial charge on any atom is 0.0719 e. The molecule has 0 fully saturated rings. The predicted molar refractivity (Wildman–Crippen MR) is 55.4 cm³/mol. The largest absolute Gasteiger partial charge is 0.396 e. The van der Waals surface area contributed by atoms with Crippen LogP contribution in [-0.2, 0) is 6.54 Å². The Morgan fingerprint density at radius 1 is 1.31 bits per heavy atom. The van der Waals surface area contributed by atoms with Crippen LogP contribution in [0.3, 0.4) is 0 Å². The Balaban J connectivity index is 2.06. The third-order valence-corrected chi connectivity index (χ3v) is 2.14. The molecular formula is C10H19N3. The first-order valence-corrected chi connectivity index (χ1v) is 5.11. The molecule has 1 rings (SSSR count). The monoisotopic (exact) mass is 181 g/mol. The van der Waals surface area contributed by atoms with Crippen LogP contribution in [0.25, 0.3) is 0 Å². The topological polar surface area (TPSA) is 43.8 Å². The van der Waals surface area contributed by atoms with E-state index in [0.29, 0.717) is 0 Å².